The van der Waals surface area contributed by atoms with Crippen LogP contribution in [-0.4, -0.2) is 53.5 Å². The van der Waals surface area contributed by atoms with Crippen LogP contribution in [0.25, 0.3) is 0 Å². The van der Waals surface area contributed by atoms with Gasteiger partial charge < -0.3 is 14.4 Å². The predicted molar refractivity (Wildman–Crippen MR) is 74.4 cm³/mol. The van der Waals surface area contributed by atoms with Crippen LogP contribution >= 0.6 is 0 Å². The maximum absolute atomic E-state index is 12.5. The van der Waals surface area contributed by atoms with E-state index in [9.17, 15) is 9.59 Å². The van der Waals surface area contributed by atoms with Crippen LogP contribution in [0.15, 0.2) is 16.9 Å². The molecule has 0 spiro atoms. The normalized spacial score (nSPS) is 19.7. The number of pyridine rings is 1. The minimum Gasteiger partial charge on any atom is -0.344 e. The molecule has 0 aromatic carbocycles. The van der Waals surface area contributed by atoms with E-state index in [-0.39, 0.29) is 17.4 Å². The molecule has 2 rings (SSSR count). The lowest BCUT2D eigenvalue weighted by atomic mass is 10.2. The van der Waals surface area contributed by atoms with Gasteiger partial charge in [0, 0.05) is 44.5 Å². The molecular weight excluding hydrogens is 242 g/mol. The lowest BCUT2D eigenvalue weighted by molar-refractivity contribution is 0.0726. The number of amides is 1. The fraction of sp³-hybridized carbons (Fsp3) is 0.571. The smallest absolute Gasteiger partial charge is 0.270 e. The van der Waals surface area contributed by atoms with Crippen molar-refractivity contribution in [2.24, 2.45) is 7.05 Å². The summed E-state index contributed by atoms with van der Waals surface area (Å²) in [5.41, 5.74) is 1.14. The number of likely N-dealkylation sites (N-methyl/N-ethyl adjacent to an activating group) is 2. The van der Waals surface area contributed by atoms with Crippen molar-refractivity contribution in [1.29, 1.82) is 0 Å². The van der Waals surface area contributed by atoms with Gasteiger partial charge in [0.05, 0.1) is 0 Å². The summed E-state index contributed by atoms with van der Waals surface area (Å²) in [6.07, 6.45) is 0.985. The predicted octanol–water partition coefficient (Wildman–Crippen LogP) is 0.470. The quantitative estimate of drug-likeness (QED) is 0.779. The van der Waals surface area contributed by atoms with E-state index in [2.05, 4.69) is 11.9 Å². The molecule has 104 valence electrons. The first-order valence-corrected chi connectivity index (χ1v) is 6.53. The molecule has 1 fully saturated rings. The highest BCUT2D eigenvalue weighted by Crippen LogP contribution is 2.15. The van der Waals surface area contributed by atoms with E-state index in [4.69, 9.17) is 0 Å². The first-order valence-electron chi connectivity index (χ1n) is 6.53. The van der Waals surface area contributed by atoms with Crippen LogP contribution in [0, 0.1) is 6.92 Å². The Morgan fingerprint density at radius 1 is 1.37 bits per heavy atom. The number of hydrogen-bond acceptors (Lipinski definition) is 3. The summed E-state index contributed by atoms with van der Waals surface area (Å²) >= 11 is 0. The summed E-state index contributed by atoms with van der Waals surface area (Å²) in [6.45, 7) is 3.73. The molecule has 0 N–H and O–H groups in total. The van der Waals surface area contributed by atoms with Crippen LogP contribution in [0.2, 0.25) is 0 Å². The van der Waals surface area contributed by atoms with Gasteiger partial charge in [-0.2, -0.15) is 0 Å². The number of hydrogen-bond donors (Lipinski definition) is 0. The molecule has 19 heavy (non-hydrogen) atoms. The largest absolute Gasteiger partial charge is 0.344 e. The Hall–Kier alpha value is -1.62. The number of likely N-dealkylation sites (tertiary alicyclic amines) is 1. The van der Waals surface area contributed by atoms with E-state index in [1.54, 1.807) is 15.5 Å². The Morgan fingerprint density at radius 3 is 2.63 bits per heavy atom. The molecule has 0 radical (unpaired) electrons. The molecule has 5 heteroatoms. The maximum Gasteiger partial charge on any atom is 0.270 e. The average Bonchev–Trinajstić information content (AvgIpc) is 2.78. The number of nitrogens with zero attached hydrogens (tertiary/aromatic N) is 3. The molecule has 1 aliphatic rings. The third-order valence-electron chi connectivity index (χ3n) is 3.97. The Bertz CT molecular complexity index is 550. The van der Waals surface area contributed by atoms with Crippen molar-refractivity contribution in [1.82, 2.24) is 14.4 Å². The van der Waals surface area contributed by atoms with Crippen LogP contribution in [0.4, 0.5) is 0 Å². The van der Waals surface area contributed by atoms with Crippen LogP contribution < -0.4 is 5.43 Å². The molecule has 0 bridgehead atoms. The molecule has 0 unspecified atom stereocenters. The standard InChI is InChI=1S/C14H21N3O2/c1-10-7-12(18)8-13(16(10)3)14(19)17(4)11-5-6-15(2)9-11/h7-8,11H,5-6,9H2,1-4H3/t11-/m1/s1. The highest BCUT2D eigenvalue weighted by molar-refractivity contribution is 5.92. The van der Waals surface area contributed by atoms with Crippen molar-refractivity contribution in [3.05, 3.63) is 33.7 Å². The molecule has 0 aliphatic carbocycles. The van der Waals surface area contributed by atoms with Crippen molar-refractivity contribution >= 4 is 5.91 Å². The van der Waals surface area contributed by atoms with Crippen molar-refractivity contribution in [3.8, 4) is 0 Å². The van der Waals surface area contributed by atoms with Gasteiger partial charge in [0.1, 0.15) is 5.69 Å². The summed E-state index contributed by atoms with van der Waals surface area (Å²) in [6, 6.07) is 3.19. The average molecular weight is 263 g/mol. The van der Waals surface area contributed by atoms with Crippen molar-refractivity contribution in [2.45, 2.75) is 19.4 Å². The zero-order chi connectivity index (χ0) is 14.2. The minimum absolute atomic E-state index is 0.0800. The zero-order valence-electron chi connectivity index (χ0n) is 12.0. The van der Waals surface area contributed by atoms with E-state index in [1.165, 1.54) is 6.07 Å². The summed E-state index contributed by atoms with van der Waals surface area (Å²) < 4.78 is 1.78. The molecule has 1 saturated heterocycles. The third kappa shape index (κ3) is 2.71. The highest BCUT2D eigenvalue weighted by Gasteiger charge is 2.28. The number of aromatic nitrogens is 1. The minimum atomic E-state index is -0.115. The second kappa shape index (κ2) is 5.17. The van der Waals surface area contributed by atoms with Gasteiger partial charge in [-0.1, -0.05) is 0 Å². The second-order valence-electron chi connectivity index (χ2n) is 5.40. The number of carbonyl (C=O) groups excluding carboxylic acids is 1. The van der Waals surface area contributed by atoms with Gasteiger partial charge in [0.25, 0.3) is 5.91 Å². The first-order chi connectivity index (χ1) is 8.90. The van der Waals surface area contributed by atoms with Gasteiger partial charge in [-0.05, 0) is 26.9 Å². The highest BCUT2D eigenvalue weighted by atomic mass is 16.2. The van der Waals surface area contributed by atoms with Crippen LogP contribution in [-0.2, 0) is 7.05 Å². The molecule has 1 aromatic rings. The number of carbonyl (C=O) groups is 1. The van der Waals surface area contributed by atoms with Crippen molar-refractivity contribution < 1.29 is 4.79 Å². The van der Waals surface area contributed by atoms with E-state index in [1.807, 2.05) is 21.0 Å². The molecule has 1 atom stereocenters. The first kappa shape index (κ1) is 13.8. The SMILES string of the molecule is Cc1cc(=O)cc(C(=O)N(C)[C@@H]2CCN(C)C2)n1C. The van der Waals surface area contributed by atoms with Gasteiger partial charge in [-0.3, -0.25) is 9.59 Å². The van der Waals surface area contributed by atoms with Crippen LogP contribution in [0.5, 0.6) is 0 Å². The van der Waals surface area contributed by atoms with E-state index in [0.717, 1.165) is 25.2 Å². The summed E-state index contributed by atoms with van der Waals surface area (Å²) in [5.74, 6) is -0.0800. The van der Waals surface area contributed by atoms with Gasteiger partial charge in [0.15, 0.2) is 5.43 Å². The Balaban J connectivity index is 2.27. The topological polar surface area (TPSA) is 45.6 Å². The lowest BCUT2D eigenvalue weighted by Crippen LogP contribution is -2.40. The summed E-state index contributed by atoms with van der Waals surface area (Å²) in [7, 11) is 5.69. The molecule has 0 saturated carbocycles. The fourth-order valence-electron chi connectivity index (χ4n) is 2.55. The van der Waals surface area contributed by atoms with E-state index >= 15 is 0 Å². The van der Waals surface area contributed by atoms with E-state index < -0.39 is 0 Å². The molecule has 1 aromatic heterocycles. The molecule has 1 amide bonds. The van der Waals surface area contributed by atoms with Crippen molar-refractivity contribution in [3.63, 3.8) is 0 Å². The van der Waals surface area contributed by atoms with Gasteiger partial charge >= 0.3 is 0 Å². The van der Waals surface area contributed by atoms with E-state index in [0.29, 0.717) is 5.69 Å². The van der Waals surface area contributed by atoms with Crippen molar-refractivity contribution in [2.75, 3.05) is 27.2 Å². The number of rotatable bonds is 2. The Labute approximate surface area is 113 Å². The van der Waals surface area contributed by atoms with Crippen LogP contribution in [0.3, 0.4) is 0 Å². The monoisotopic (exact) mass is 263 g/mol. The molecule has 1 aliphatic heterocycles. The molecule has 5 nitrogen and oxygen atoms in total. The molecular formula is C14H21N3O2. The Kier molecular flexibility index (Phi) is 3.75. The van der Waals surface area contributed by atoms with Crippen LogP contribution in [0.1, 0.15) is 22.6 Å². The maximum atomic E-state index is 12.5. The zero-order valence-corrected chi connectivity index (χ0v) is 12.0. The van der Waals surface area contributed by atoms with Gasteiger partial charge in [-0.15, -0.1) is 0 Å². The second-order valence-corrected chi connectivity index (χ2v) is 5.40. The summed E-state index contributed by atoms with van der Waals surface area (Å²) in [4.78, 5) is 28.1. The number of aryl methyl sites for hydroxylation is 1. The third-order valence-corrected chi connectivity index (χ3v) is 3.97. The summed E-state index contributed by atoms with van der Waals surface area (Å²) in [5, 5.41) is 0. The Morgan fingerprint density at radius 2 is 2.05 bits per heavy atom. The van der Waals surface area contributed by atoms with Gasteiger partial charge in [0.2, 0.25) is 0 Å². The molecule has 2 heterocycles. The fourth-order valence-corrected chi connectivity index (χ4v) is 2.55. The lowest BCUT2D eigenvalue weighted by Gasteiger charge is -2.25. The van der Waals surface area contributed by atoms with Gasteiger partial charge in [-0.25, -0.2) is 0 Å².